The number of rotatable bonds is 12. The Labute approximate surface area is 420 Å². The van der Waals surface area contributed by atoms with Crippen molar-refractivity contribution in [2.75, 3.05) is 20.0 Å². The molecule has 26 heteroatoms. The van der Waals surface area contributed by atoms with Crippen molar-refractivity contribution < 1.29 is 147 Å². The summed E-state index contributed by atoms with van der Waals surface area (Å²) in [6, 6.07) is 20.6. The predicted molar refractivity (Wildman–Crippen MR) is 205 cm³/mol. The number of nitrogen functional groups attached to an aromatic ring is 1. The fourth-order valence-electron chi connectivity index (χ4n) is 5.48. The van der Waals surface area contributed by atoms with Crippen LogP contribution < -0.4 is 114 Å². The van der Waals surface area contributed by atoms with Gasteiger partial charge >= 0.3 is 88.7 Å². The minimum Gasteiger partial charge on any atom is -0.872 e. The Hall–Kier alpha value is -3.89. The molecule has 0 aliphatic carbocycles. The molecule has 0 aliphatic heterocycles. The normalized spacial score (nSPS) is 12.0. The first-order chi connectivity index (χ1) is 27.8. The van der Waals surface area contributed by atoms with Crippen LogP contribution in [0.5, 0.6) is 23.0 Å². The van der Waals surface area contributed by atoms with Gasteiger partial charge in [0.1, 0.15) is 48.5 Å². The van der Waals surface area contributed by atoms with Crippen LogP contribution in [0.15, 0.2) is 142 Å². The van der Waals surface area contributed by atoms with E-state index < -0.39 is 78.6 Å². The summed E-state index contributed by atoms with van der Waals surface area (Å²) in [4.78, 5) is -2.72. The quantitative estimate of drug-likeness (QED) is 0.0513. The Morgan fingerprint density at radius 3 is 1.44 bits per heavy atom. The number of fused-ring (bicyclic) bond motifs is 1. The van der Waals surface area contributed by atoms with Crippen LogP contribution in [0.1, 0.15) is 0 Å². The summed E-state index contributed by atoms with van der Waals surface area (Å²) < 4.78 is 115. The molecule has 0 radical (unpaired) electrons. The molecule has 6 rings (SSSR count). The molecule has 0 atom stereocenters. The molecule has 4 N–H and O–H groups in total. The fraction of sp³-hybridized carbons (Fsp3) is 0.0556. The van der Waals surface area contributed by atoms with Crippen LogP contribution in [-0.2, 0) is 30.4 Å². The van der Waals surface area contributed by atoms with Gasteiger partial charge in [0.05, 0.1) is 41.9 Å². The first kappa shape index (κ1) is 52.5. The van der Waals surface area contributed by atoms with E-state index in [1.54, 1.807) is 30.3 Å². The van der Waals surface area contributed by atoms with Crippen molar-refractivity contribution in [2.24, 2.45) is 30.7 Å². The van der Waals surface area contributed by atoms with Crippen molar-refractivity contribution in [3.05, 3.63) is 97.1 Å². The van der Waals surface area contributed by atoms with E-state index in [4.69, 9.17) is 15.2 Å². The Morgan fingerprint density at radius 1 is 0.565 bits per heavy atom. The molecule has 6 aromatic rings. The van der Waals surface area contributed by atoms with Crippen LogP contribution in [0.4, 0.5) is 39.8 Å². The first-order valence-corrected chi connectivity index (χ1v) is 20.6. The van der Waals surface area contributed by atoms with Crippen molar-refractivity contribution in [1.29, 1.82) is 0 Å². The van der Waals surface area contributed by atoms with E-state index in [2.05, 4.69) is 30.7 Å². The number of methoxy groups -OCH3 is 2. The van der Waals surface area contributed by atoms with Crippen LogP contribution in [-0.4, -0.2) is 53.1 Å². The minimum absolute atomic E-state index is 0. The third kappa shape index (κ3) is 12.0. The standard InChI is InChI=1S/C36H29N7O13S3.3Na/c1-55-28-15-19(3-13-26(28)40-38-22-5-9-24(44)10-6-22)20-4-14-27(29(16-20)56-2)41-42-34-30(58(49,50)51)17-21-18-31(59(52,53)54)35(36(45)32(21)33(34)37)43-39-23-7-11-25(12-8-23)57(46,47)48;;;/h3-18,44-45H,37H2,1-2H3,(H,46,47,48)(H,49,50,51)(H,52,53,54);;;/q;3*+1/p-3. The third-order valence-electron chi connectivity index (χ3n) is 8.30. The SMILES string of the molecule is COc1cc(-c2ccc(N=Nc3c(S(=O)(=O)O)cc4cc(S(=O)(=O)O)c(N=Nc5ccc(S(=O)(=O)[O-])cc5)c([O-])c4c3N)c(OC)c2)ccc1N=Nc1ccc([O-])cc1.[Na+].[Na+].[Na+]. The number of hydrogen-bond acceptors (Lipinski definition) is 18. The molecular formula is C36H26N7Na3O13S3. The number of hydrogen-bond donors (Lipinski definition) is 3. The van der Waals surface area contributed by atoms with Crippen LogP contribution in [0.2, 0.25) is 0 Å². The van der Waals surface area contributed by atoms with Crippen LogP contribution in [0.3, 0.4) is 0 Å². The molecule has 0 bridgehead atoms. The van der Waals surface area contributed by atoms with Gasteiger partial charge in [0.2, 0.25) is 0 Å². The second kappa shape index (κ2) is 21.2. The molecule has 0 saturated carbocycles. The van der Waals surface area contributed by atoms with Gasteiger partial charge in [-0.2, -0.15) is 27.1 Å². The van der Waals surface area contributed by atoms with Crippen LogP contribution in [0, 0.1) is 0 Å². The number of benzene rings is 6. The average molecular weight is 930 g/mol. The Morgan fingerprint density at radius 2 is 0.984 bits per heavy atom. The van der Waals surface area contributed by atoms with Crippen molar-refractivity contribution in [3.63, 3.8) is 0 Å². The molecule has 0 amide bonds. The second-order valence-electron chi connectivity index (χ2n) is 12.1. The molecule has 0 heterocycles. The molecule has 304 valence electrons. The fourth-order valence-corrected chi connectivity index (χ4v) is 7.28. The van der Waals surface area contributed by atoms with Crippen LogP contribution in [0.25, 0.3) is 21.9 Å². The summed E-state index contributed by atoms with van der Waals surface area (Å²) in [7, 11) is -12.5. The van der Waals surface area contributed by atoms with Crippen LogP contribution >= 0.6 is 0 Å². The van der Waals surface area contributed by atoms with Crippen molar-refractivity contribution >= 4 is 80.9 Å². The molecule has 0 aliphatic rings. The van der Waals surface area contributed by atoms with Gasteiger partial charge in [-0.1, -0.05) is 30.0 Å². The second-order valence-corrected chi connectivity index (χ2v) is 16.2. The Bertz CT molecular complexity index is 3090. The predicted octanol–water partition coefficient (Wildman–Crippen LogP) is -2.09. The van der Waals surface area contributed by atoms with Gasteiger partial charge in [-0.05, 0) is 89.3 Å². The van der Waals surface area contributed by atoms with Gasteiger partial charge in [0.25, 0.3) is 20.2 Å². The molecular weight excluding hydrogens is 904 g/mol. The minimum atomic E-state index is -5.26. The summed E-state index contributed by atoms with van der Waals surface area (Å²) in [6.45, 7) is 0. The van der Waals surface area contributed by atoms with E-state index in [1.807, 2.05) is 0 Å². The van der Waals surface area contributed by atoms with E-state index in [9.17, 15) is 49.1 Å². The molecule has 62 heavy (non-hydrogen) atoms. The Balaban J connectivity index is 0.00000341. The average Bonchev–Trinajstić information content (AvgIpc) is 3.18. The van der Waals surface area contributed by atoms with E-state index in [0.29, 0.717) is 40.4 Å². The zero-order valence-electron chi connectivity index (χ0n) is 33.1. The van der Waals surface area contributed by atoms with Gasteiger partial charge < -0.3 is 30.0 Å². The van der Waals surface area contributed by atoms with Crippen molar-refractivity contribution in [2.45, 2.75) is 14.7 Å². The summed E-state index contributed by atoms with van der Waals surface area (Å²) >= 11 is 0. The maximum atomic E-state index is 13.8. The Kier molecular flexibility index (Phi) is 17.9. The number of nitrogens with zero attached hydrogens (tertiary/aromatic N) is 6. The third-order valence-corrected chi connectivity index (χ3v) is 10.9. The first-order valence-electron chi connectivity index (χ1n) is 16.3. The van der Waals surface area contributed by atoms with Crippen molar-refractivity contribution in [3.8, 4) is 34.1 Å². The number of nitrogens with two attached hydrogens (primary N) is 1. The molecule has 0 fully saturated rings. The van der Waals surface area contributed by atoms with Gasteiger partial charge in [-0.15, -0.1) is 26.2 Å². The van der Waals surface area contributed by atoms with E-state index in [0.717, 1.165) is 24.3 Å². The topological polar surface area (TPSA) is 331 Å². The van der Waals surface area contributed by atoms with E-state index in [-0.39, 0.29) is 112 Å². The van der Waals surface area contributed by atoms with Crippen molar-refractivity contribution in [1.82, 2.24) is 0 Å². The molecule has 0 saturated heterocycles. The molecule has 0 unspecified atom stereocenters. The van der Waals surface area contributed by atoms with E-state index >= 15 is 0 Å². The molecule has 6 aromatic carbocycles. The maximum absolute atomic E-state index is 13.8. The molecule has 20 nitrogen and oxygen atoms in total. The number of ether oxygens (including phenoxy) is 2. The molecule has 0 spiro atoms. The molecule has 0 aromatic heterocycles. The van der Waals surface area contributed by atoms with Gasteiger partial charge in [0, 0.05) is 5.39 Å². The summed E-state index contributed by atoms with van der Waals surface area (Å²) in [5.41, 5.74) is 5.79. The van der Waals surface area contributed by atoms with Gasteiger partial charge in [0.15, 0.2) is 0 Å². The van der Waals surface area contributed by atoms with E-state index in [1.165, 1.54) is 44.6 Å². The van der Waals surface area contributed by atoms with Gasteiger partial charge in [-0.3, -0.25) is 9.11 Å². The smallest absolute Gasteiger partial charge is 0.872 e. The summed E-state index contributed by atoms with van der Waals surface area (Å²) in [5.74, 6) is -0.974. The maximum Gasteiger partial charge on any atom is 1.00 e. The zero-order chi connectivity index (χ0) is 42.9. The largest absolute Gasteiger partial charge is 1.00 e. The number of anilines is 1. The zero-order valence-corrected chi connectivity index (χ0v) is 41.6. The summed E-state index contributed by atoms with van der Waals surface area (Å²) in [6.07, 6.45) is 0. The number of azo groups is 3. The van der Waals surface area contributed by atoms with Gasteiger partial charge in [-0.25, -0.2) is 8.42 Å². The monoisotopic (exact) mass is 929 g/mol. The summed E-state index contributed by atoms with van der Waals surface area (Å²) in [5, 5.41) is 47.8.